The van der Waals surface area contributed by atoms with Crippen molar-refractivity contribution in [1.29, 1.82) is 0 Å². The molecule has 1 aliphatic heterocycles. The van der Waals surface area contributed by atoms with Crippen molar-refractivity contribution in [3.8, 4) is 11.5 Å². The second-order valence-electron chi connectivity index (χ2n) is 7.54. The van der Waals surface area contributed by atoms with E-state index < -0.39 is 5.91 Å². The van der Waals surface area contributed by atoms with E-state index in [-0.39, 0.29) is 29.1 Å². The molecule has 0 aromatic heterocycles. The summed E-state index contributed by atoms with van der Waals surface area (Å²) in [6, 6.07) is 16.7. The Balaban J connectivity index is 1.55. The number of benzene rings is 3. The normalized spacial score (nSPS) is 14.6. The lowest BCUT2D eigenvalue weighted by molar-refractivity contribution is -0.123. The molecule has 0 bridgehead atoms. The van der Waals surface area contributed by atoms with Crippen LogP contribution in [0.3, 0.4) is 0 Å². The van der Waals surface area contributed by atoms with Gasteiger partial charge in [0.1, 0.15) is 12.4 Å². The van der Waals surface area contributed by atoms with Crippen molar-refractivity contribution in [3.63, 3.8) is 0 Å². The third kappa shape index (κ3) is 6.07. The van der Waals surface area contributed by atoms with Gasteiger partial charge in [0, 0.05) is 10.6 Å². The molecule has 0 N–H and O–H groups in total. The molecule has 9 heteroatoms. The lowest BCUT2D eigenvalue weighted by atomic mass is 10.1. The van der Waals surface area contributed by atoms with Crippen LogP contribution in [0.25, 0.3) is 6.08 Å². The second kappa shape index (κ2) is 11.3. The first kappa shape index (κ1) is 25.3. The molecular weight excluding hydrogens is 557 g/mol. The first-order chi connectivity index (χ1) is 16.9. The Kier molecular flexibility index (Phi) is 8.15. The summed E-state index contributed by atoms with van der Waals surface area (Å²) >= 11 is 10.6. The third-order valence-electron chi connectivity index (χ3n) is 5.09. The molecular formula is C26H20BrClFNO4S. The zero-order valence-corrected chi connectivity index (χ0v) is 21.8. The maximum absolute atomic E-state index is 13.2. The minimum atomic E-state index is -0.405. The molecule has 2 amide bonds. The summed E-state index contributed by atoms with van der Waals surface area (Å²) in [6.45, 7) is 2.59. The van der Waals surface area contributed by atoms with Gasteiger partial charge in [-0.25, -0.2) is 4.39 Å². The summed E-state index contributed by atoms with van der Waals surface area (Å²) in [6.07, 6.45) is 1.64. The van der Waals surface area contributed by atoms with Gasteiger partial charge in [0.05, 0.1) is 22.5 Å². The smallest absolute Gasteiger partial charge is 0.293 e. The monoisotopic (exact) mass is 575 g/mol. The molecule has 0 aliphatic carbocycles. The highest BCUT2D eigenvalue weighted by atomic mass is 79.9. The number of carbonyl (C=O) groups is 2. The predicted molar refractivity (Wildman–Crippen MR) is 139 cm³/mol. The highest BCUT2D eigenvalue weighted by molar-refractivity contribution is 9.10. The lowest BCUT2D eigenvalue weighted by Gasteiger charge is -2.15. The Morgan fingerprint density at radius 1 is 1.09 bits per heavy atom. The van der Waals surface area contributed by atoms with Crippen molar-refractivity contribution in [2.75, 3.05) is 6.61 Å². The fraction of sp³-hybridized carbons (Fsp3) is 0.154. The Hall–Kier alpha value is -2.81. The molecule has 0 unspecified atom stereocenters. The van der Waals surface area contributed by atoms with E-state index in [1.54, 1.807) is 36.4 Å². The van der Waals surface area contributed by atoms with Crippen molar-refractivity contribution in [1.82, 2.24) is 4.90 Å². The van der Waals surface area contributed by atoms with E-state index in [1.807, 2.05) is 25.1 Å². The summed E-state index contributed by atoms with van der Waals surface area (Å²) in [5.74, 6) is 0.217. The molecule has 1 saturated heterocycles. The summed E-state index contributed by atoms with van der Waals surface area (Å²) in [4.78, 5) is 26.8. The minimum absolute atomic E-state index is 0.0744. The number of thioether (sulfide) groups is 1. The minimum Gasteiger partial charge on any atom is -0.490 e. The summed E-state index contributed by atoms with van der Waals surface area (Å²) < 4.78 is 25.6. The zero-order valence-electron chi connectivity index (χ0n) is 18.6. The zero-order chi connectivity index (χ0) is 24.9. The van der Waals surface area contributed by atoms with Crippen LogP contribution >= 0.6 is 39.3 Å². The Bertz CT molecular complexity index is 1300. The molecule has 0 spiro atoms. The van der Waals surface area contributed by atoms with Crippen LogP contribution in [0, 0.1) is 5.82 Å². The number of hydrogen-bond donors (Lipinski definition) is 0. The summed E-state index contributed by atoms with van der Waals surface area (Å²) in [5.41, 5.74) is 2.16. The van der Waals surface area contributed by atoms with Crippen LogP contribution in [0.1, 0.15) is 23.6 Å². The number of carbonyl (C=O) groups excluding carboxylic acids is 2. The predicted octanol–water partition coefficient (Wildman–Crippen LogP) is 7.46. The number of hydrogen-bond acceptors (Lipinski definition) is 5. The quantitative estimate of drug-likeness (QED) is 0.261. The Morgan fingerprint density at radius 2 is 1.83 bits per heavy atom. The third-order valence-corrected chi connectivity index (χ3v) is 6.95. The van der Waals surface area contributed by atoms with Gasteiger partial charge in [-0.05, 0) is 82.2 Å². The molecule has 0 atom stereocenters. The van der Waals surface area contributed by atoms with Crippen molar-refractivity contribution in [2.45, 2.75) is 20.1 Å². The number of amides is 2. The second-order valence-corrected chi connectivity index (χ2v) is 9.79. The molecule has 3 aromatic rings. The van der Waals surface area contributed by atoms with E-state index in [2.05, 4.69) is 15.9 Å². The number of nitrogens with zero attached hydrogens (tertiary/aromatic N) is 1. The van der Waals surface area contributed by atoms with E-state index in [4.69, 9.17) is 21.1 Å². The van der Waals surface area contributed by atoms with Gasteiger partial charge in [0.25, 0.3) is 11.1 Å². The first-order valence-electron chi connectivity index (χ1n) is 10.7. The van der Waals surface area contributed by atoms with Crippen LogP contribution in [0.2, 0.25) is 5.02 Å². The molecule has 0 saturated carbocycles. The average molecular weight is 577 g/mol. The van der Waals surface area contributed by atoms with Crippen LogP contribution in [-0.4, -0.2) is 22.7 Å². The van der Waals surface area contributed by atoms with E-state index in [1.165, 1.54) is 12.1 Å². The molecule has 180 valence electrons. The van der Waals surface area contributed by atoms with E-state index >= 15 is 0 Å². The molecule has 1 fully saturated rings. The van der Waals surface area contributed by atoms with Gasteiger partial charge in [0.15, 0.2) is 11.5 Å². The van der Waals surface area contributed by atoms with Crippen LogP contribution < -0.4 is 9.47 Å². The highest BCUT2D eigenvalue weighted by Crippen LogP contribution is 2.40. The van der Waals surface area contributed by atoms with Crippen LogP contribution in [0.15, 0.2) is 70.0 Å². The first-order valence-corrected chi connectivity index (χ1v) is 12.7. The van der Waals surface area contributed by atoms with Crippen molar-refractivity contribution in [3.05, 3.63) is 97.6 Å². The number of halogens is 3. The number of rotatable bonds is 8. The van der Waals surface area contributed by atoms with Gasteiger partial charge in [-0.1, -0.05) is 41.9 Å². The van der Waals surface area contributed by atoms with Gasteiger partial charge in [0.2, 0.25) is 0 Å². The molecule has 0 radical (unpaired) electrons. The van der Waals surface area contributed by atoms with Gasteiger partial charge < -0.3 is 9.47 Å². The maximum Gasteiger partial charge on any atom is 0.293 e. The SMILES string of the molecule is CCOc1cc(/C=C2/SC(=O)N(Cc3ccc(F)cc3)C2=O)cc(Br)c1OCc1ccccc1Cl. The van der Waals surface area contributed by atoms with Gasteiger partial charge in [-0.2, -0.15) is 0 Å². The van der Waals surface area contributed by atoms with Crippen LogP contribution in [0.4, 0.5) is 9.18 Å². The van der Waals surface area contributed by atoms with E-state index in [0.717, 1.165) is 22.2 Å². The fourth-order valence-electron chi connectivity index (χ4n) is 3.40. The average Bonchev–Trinajstić information content (AvgIpc) is 3.08. The summed E-state index contributed by atoms with van der Waals surface area (Å²) in [7, 11) is 0. The Labute approximate surface area is 220 Å². The van der Waals surface area contributed by atoms with Crippen LogP contribution in [0.5, 0.6) is 11.5 Å². The lowest BCUT2D eigenvalue weighted by Crippen LogP contribution is -2.27. The van der Waals surface area contributed by atoms with Gasteiger partial charge >= 0.3 is 0 Å². The van der Waals surface area contributed by atoms with Crippen LogP contribution in [-0.2, 0) is 17.9 Å². The van der Waals surface area contributed by atoms with Crippen molar-refractivity contribution < 1.29 is 23.5 Å². The summed E-state index contributed by atoms with van der Waals surface area (Å²) in [5, 5.41) is 0.226. The van der Waals surface area contributed by atoms with Gasteiger partial charge in [-0.15, -0.1) is 0 Å². The number of imide groups is 1. The maximum atomic E-state index is 13.2. The Morgan fingerprint density at radius 3 is 2.54 bits per heavy atom. The molecule has 1 aliphatic rings. The van der Waals surface area contributed by atoms with E-state index in [9.17, 15) is 14.0 Å². The standard InChI is InChI=1S/C26H20BrClFNO4S/c1-2-33-22-12-17(11-20(27)24(22)34-15-18-5-3-4-6-21(18)28)13-23-25(31)30(26(32)35-23)14-16-7-9-19(29)10-8-16/h3-13H,2,14-15H2,1H3/b23-13+. The molecule has 3 aromatic carbocycles. The molecule has 4 rings (SSSR count). The van der Waals surface area contributed by atoms with Crippen molar-refractivity contribution >= 4 is 56.5 Å². The molecule has 5 nitrogen and oxygen atoms in total. The van der Waals surface area contributed by atoms with Crippen molar-refractivity contribution in [2.24, 2.45) is 0 Å². The topological polar surface area (TPSA) is 55.8 Å². The fourth-order valence-corrected chi connectivity index (χ4v) is 5.00. The van der Waals surface area contributed by atoms with E-state index in [0.29, 0.717) is 38.7 Å². The molecule has 35 heavy (non-hydrogen) atoms. The molecule has 1 heterocycles. The highest BCUT2D eigenvalue weighted by Gasteiger charge is 2.35. The van der Waals surface area contributed by atoms with Gasteiger partial charge in [-0.3, -0.25) is 14.5 Å². The largest absolute Gasteiger partial charge is 0.490 e. The number of ether oxygens (including phenoxy) is 2.